The molecule has 136 valence electrons. The number of benzene rings is 1. The van der Waals surface area contributed by atoms with Gasteiger partial charge in [0, 0.05) is 5.56 Å². The smallest absolute Gasteiger partial charge is 0.184 e. The Morgan fingerprint density at radius 2 is 1.50 bits per heavy atom. The summed E-state index contributed by atoms with van der Waals surface area (Å²) in [5, 5.41) is 0. The Morgan fingerprint density at radius 3 is 1.92 bits per heavy atom. The average Bonchev–Trinajstić information content (AvgIpc) is 2.33. The van der Waals surface area contributed by atoms with Gasteiger partial charge in [-0.3, -0.25) is 4.79 Å². The third kappa shape index (κ3) is 6.67. The fourth-order valence-electron chi connectivity index (χ4n) is 3.84. The van der Waals surface area contributed by atoms with Gasteiger partial charge in [0.2, 0.25) is 0 Å². The van der Waals surface area contributed by atoms with E-state index in [1.807, 2.05) is 0 Å². The number of hydrogen-bond acceptors (Lipinski definition) is 1. The molecule has 1 aromatic carbocycles. The second-order valence-electron chi connectivity index (χ2n) is 9.25. The van der Waals surface area contributed by atoms with Crippen LogP contribution in [0.2, 0.25) is 0 Å². The van der Waals surface area contributed by atoms with Crippen LogP contribution in [0.1, 0.15) is 75.0 Å². The van der Waals surface area contributed by atoms with Crippen LogP contribution in [-0.4, -0.2) is 17.8 Å². The minimum Gasteiger partial charge on any atom is -0.289 e. The summed E-state index contributed by atoms with van der Waals surface area (Å²) in [7, 11) is -0.611. The number of aryl methyl sites for hydroxylation is 3. The molecule has 0 amide bonds. The minimum absolute atomic E-state index is 0.330. The van der Waals surface area contributed by atoms with Crippen LogP contribution in [0.3, 0.4) is 0 Å². The second-order valence-corrected chi connectivity index (χ2v) is 11.5. The van der Waals surface area contributed by atoms with Gasteiger partial charge in [-0.1, -0.05) is 59.2 Å². The Morgan fingerprint density at radius 1 is 1.00 bits per heavy atom. The molecule has 0 fully saturated rings. The fourth-order valence-corrected chi connectivity index (χ4v) is 6.76. The van der Waals surface area contributed by atoms with Crippen molar-refractivity contribution >= 4 is 13.4 Å². The van der Waals surface area contributed by atoms with Crippen LogP contribution in [0.15, 0.2) is 12.1 Å². The Kier molecular flexibility index (Phi) is 7.67. The van der Waals surface area contributed by atoms with Gasteiger partial charge in [0.1, 0.15) is 0 Å². The number of rotatable bonds is 7. The highest BCUT2D eigenvalue weighted by Crippen LogP contribution is 2.46. The topological polar surface area (TPSA) is 17.1 Å². The molecule has 0 saturated heterocycles. The van der Waals surface area contributed by atoms with Gasteiger partial charge in [0.05, 0.1) is 0 Å². The molecule has 1 nitrogen and oxygen atoms in total. The van der Waals surface area contributed by atoms with E-state index in [-0.39, 0.29) is 0 Å². The molecule has 0 bridgehead atoms. The fraction of sp³-hybridized carbons (Fsp3) is 0.682. The maximum Gasteiger partial charge on any atom is 0.184 e. The van der Waals surface area contributed by atoms with Crippen LogP contribution < -0.4 is 0 Å². The summed E-state index contributed by atoms with van der Waals surface area (Å²) in [5.41, 5.74) is 5.30. The molecule has 0 saturated carbocycles. The van der Waals surface area contributed by atoms with Crippen molar-refractivity contribution in [1.82, 2.24) is 0 Å². The monoisotopic (exact) mass is 348 g/mol. The molecule has 0 radical (unpaired) electrons. The molecular weight excluding hydrogens is 311 g/mol. The summed E-state index contributed by atoms with van der Waals surface area (Å²) in [4.78, 5) is 13.4. The lowest BCUT2D eigenvalue weighted by Crippen LogP contribution is -2.17. The van der Waals surface area contributed by atoms with Gasteiger partial charge in [0.25, 0.3) is 0 Å². The molecule has 2 atom stereocenters. The molecule has 24 heavy (non-hydrogen) atoms. The summed E-state index contributed by atoms with van der Waals surface area (Å²) >= 11 is 0. The first-order chi connectivity index (χ1) is 10.9. The first kappa shape index (κ1) is 21.4. The van der Waals surface area contributed by atoms with Crippen LogP contribution >= 0.6 is 7.92 Å². The van der Waals surface area contributed by atoms with E-state index in [0.29, 0.717) is 22.8 Å². The molecule has 2 unspecified atom stereocenters. The van der Waals surface area contributed by atoms with Crippen LogP contribution in [0.4, 0.5) is 0 Å². The molecule has 0 spiro atoms. The maximum atomic E-state index is 13.4. The lowest BCUT2D eigenvalue weighted by atomic mass is 9.86. The highest BCUT2D eigenvalue weighted by molar-refractivity contribution is 7.75. The zero-order valence-electron chi connectivity index (χ0n) is 17.3. The van der Waals surface area contributed by atoms with Gasteiger partial charge in [-0.15, -0.1) is 0 Å². The van der Waals surface area contributed by atoms with Crippen LogP contribution in [0.5, 0.6) is 0 Å². The lowest BCUT2D eigenvalue weighted by molar-refractivity contribution is 0.108. The summed E-state index contributed by atoms with van der Waals surface area (Å²) in [6.07, 6.45) is 3.30. The van der Waals surface area contributed by atoms with Crippen LogP contribution in [0.25, 0.3) is 0 Å². The average molecular weight is 349 g/mol. The molecule has 0 aliphatic rings. The predicted octanol–water partition coefficient (Wildman–Crippen LogP) is 6.96. The van der Waals surface area contributed by atoms with Crippen molar-refractivity contribution in [2.24, 2.45) is 17.3 Å². The van der Waals surface area contributed by atoms with E-state index in [9.17, 15) is 4.79 Å². The predicted molar refractivity (Wildman–Crippen MR) is 110 cm³/mol. The molecular formula is C22H37OP. The summed E-state index contributed by atoms with van der Waals surface area (Å²) in [6, 6.07) is 4.31. The van der Waals surface area contributed by atoms with Gasteiger partial charge in [0.15, 0.2) is 5.52 Å². The van der Waals surface area contributed by atoms with Crippen molar-refractivity contribution in [3.05, 3.63) is 34.4 Å². The van der Waals surface area contributed by atoms with Gasteiger partial charge in [-0.05, 0) is 75.8 Å². The van der Waals surface area contributed by atoms with E-state index in [4.69, 9.17) is 0 Å². The highest BCUT2D eigenvalue weighted by atomic mass is 31.1. The van der Waals surface area contributed by atoms with E-state index in [0.717, 1.165) is 29.0 Å². The van der Waals surface area contributed by atoms with E-state index in [1.165, 1.54) is 12.0 Å². The second kappa shape index (κ2) is 8.61. The molecule has 2 heteroatoms. The lowest BCUT2D eigenvalue weighted by Gasteiger charge is -2.28. The molecule has 0 N–H and O–H groups in total. The van der Waals surface area contributed by atoms with Gasteiger partial charge < -0.3 is 0 Å². The number of hydrogen-bond donors (Lipinski definition) is 0. The summed E-state index contributed by atoms with van der Waals surface area (Å²) in [6.45, 7) is 20.0. The highest BCUT2D eigenvalue weighted by Gasteiger charge is 2.27. The Labute approximate surface area is 151 Å². The van der Waals surface area contributed by atoms with Crippen molar-refractivity contribution < 1.29 is 4.79 Å². The quantitative estimate of drug-likeness (QED) is 0.487. The van der Waals surface area contributed by atoms with E-state index in [2.05, 4.69) is 74.4 Å². The molecule has 0 heterocycles. The van der Waals surface area contributed by atoms with Crippen LogP contribution in [-0.2, 0) is 0 Å². The molecule has 0 aromatic heterocycles. The normalized spacial score (nSPS) is 14.8. The first-order valence-corrected chi connectivity index (χ1v) is 11.0. The van der Waals surface area contributed by atoms with Crippen molar-refractivity contribution in [3.63, 3.8) is 0 Å². The van der Waals surface area contributed by atoms with Crippen molar-refractivity contribution in [1.29, 1.82) is 0 Å². The number of carbonyl (C=O) groups is 1. The number of carbonyl (C=O) groups excluding carboxylic acids is 1. The molecule has 1 aromatic rings. The molecule has 0 aliphatic heterocycles. The Hall–Kier alpha value is -0.680. The summed E-state index contributed by atoms with van der Waals surface area (Å²) < 4.78 is 0. The largest absolute Gasteiger partial charge is 0.289 e. The zero-order valence-corrected chi connectivity index (χ0v) is 18.2. The molecule has 0 aliphatic carbocycles. The van der Waals surface area contributed by atoms with Gasteiger partial charge in [-0.25, -0.2) is 0 Å². The van der Waals surface area contributed by atoms with Crippen molar-refractivity contribution in [2.45, 2.75) is 68.7 Å². The minimum atomic E-state index is -0.611. The third-order valence-corrected chi connectivity index (χ3v) is 7.29. The van der Waals surface area contributed by atoms with Gasteiger partial charge >= 0.3 is 0 Å². The van der Waals surface area contributed by atoms with Crippen molar-refractivity contribution in [2.75, 3.05) is 12.3 Å². The third-order valence-electron chi connectivity index (χ3n) is 4.26. The van der Waals surface area contributed by atoms with E-state index >= 15 is 0 Å². The Bertz CT molecular complexity index is 543. The Balaban J connectivity index is 3.06. The zero-order chi connectivity index (χ0) is 18.7. The SMILES string of the molecule is Cc1cc(C)c(C(=O)P(CC(C)C)CC(C)CC(C)(C)C)c(C)c1. The van der Waals surface area contributed by atoms with Crippen molar-refractivity contribution in [3.8, 4) is 0 Å². The van der Waals surface area contributed by atoms with Crippen LogP contribution in [0, 0.1) is 38.0 Å². The maximum absolute atomic E-state index is 13.4. The van der Waals surface area contributed by atoms with Gasteiger partial charge in [-0.2, -0.15) is 0 Å². The van der Waals surface area contributed by atoms with E-state index < -0.39 is 7.92 Å². The molecule has 1 rings (SSSR count). The standard InChI is InChI=1S/C22H37OP/c1-15(2)13-24(14-17(4)12-22(7,8)9)21(23)20-18(5)10-16(3)11-19(20)6/h10-11,15,17H,12-14H2,1-9H3. The summed E-state index contributed by atoms with van der Waals surface area (Å²) in [5.74, 6) is 1.18. The van der Waals surface area contributed by atoms with E-state index in [1.54, 1.807) is 0 Å². The first-order valence-electron chi connectivity index (χ1n) is 9.28.